The zero-order valence-electron chi connectivity index (χ0n) is 12.9. The van der Waals surface area contributed by atoms with Crippen LogP contribution >= 0.6 is 0 Å². The molecular formula is C18H21NO3. The fraction of sp³-hybridized carbons (Fsp3) is 0.278. The number of carbonyl (C=O) groups is 1. The van der Waals surface area contributed by atoms with Gasteiger partial charge in [-0.25, -0.2) is 0 Å². The average Bonchev–Trinajstić information content (AvgIpc) is 2.51. The first-order valence-corrected chi connectivity index (χ1v) is 7.26. The van der Waals surface area contributed by atoms with Crippen molar-refractivity contribution in [2.45, 2.75) is 20.0 Å². The third-order valence-corrected chi connectivity index (χ3v) is 3.40. The Kier molecular flexibility index (Phi) is 5.55. The summed E-state index contributed by atoms with van der Waals surface area (Å²) in [6.07, 6.45) is -0.718. The molecule has 2 N–H and O–H groups in total. The first kappa shape index (κ1) is 16.0. The van der Waals surface area contributed by atoms with Crippen LogP contribution in [0, 0.1) is 13.8 Å². The molecule has 1 unspecified atom stereocenters. The molecule has 0 saturated carbocycles. The Balaban J connectivity index is 1.79. The molecule has 0 heterocycles. The molecule has 2 rings (SSSR count). The number of aliphatic hydroxyl groups is 1. The average molecular weight is 299 g/mol. The molecule has 4 nitrogen and oxygen atoms in total. The Labute approximate surface area is 130 Å². The van der Waals surface area contributed by atoms with E-state index >= 15 is 0 Å². The summed E-state index contributed by atoms with van der Waals surface area (Å²) in [4.78, 5) is 11.8. The highest BCUT2D eigenvalue weighted by Crippen LogP contribution is 2.16. The molecule has 0 aliphatic rings. The van der Waals surface area contributed by atoms with Crippen molar-refractivity contribution in [1.29, 1.82) is 0 Å². The molecule has 0 aliphatic carbocycles. The van der Waals surface area contributed by atoms with Crippen LogP contribution in [0.2, 0.25) is 0 Å². The summed E-state index contributed by atoms with van der Waals surface area (Å²) in [5.74, 6) is 0.406. The number of carbonyl (C=O) groups excluding carboxylic acids is 1. The number of benzene rings is 2. The van der Waals surface area contributed by atoms with Gasteiger partial charge in [-0.2, -0.15) is 0 Å². The Morgan fingerprint density at radius 2 is 1.95 bits per heavy atom. The van der Waals surface area contributed by atoms with Gasteiger partial charge in [0, 0.05) is 6.54 Å². The van der Waals surface area contributed by atoms with Gasteiger partial charge >= 0.3 is 0 Å². The number of ether oxygens (including phenoxy) is 1. The van der Waals surface area contributed by atoms with Crippen LogP contribution in [-0.4, -0.2) is 24.2 Å². The maximum Gasteiger partial charge on any atom is 0.258 e. The van der Waals surface area contributed by atoms with Crippen LogP contribution < -0.4 is 10.1 Å². The standard InChI is InChI=1S/C18H21NO3/c1-13-6-5-8-15(10-13)22-12-18(21)19-11-17(20)16-9-4-3-7-14(16)2/h3-10,17,20H,11-12H2,1-2H3,(H,19,21). The maximum absolute atomic E-state index is 11.8. The van der Waals surface area contributed by atoms with E-state index in [-0.39, 0.29) is 19.1 Å². The van der Waals surface area contributed by atoms with Crippen molar-refractivity contribution < 1.29 is 14.6 Å². The minimum Gasteiger partial charge on any atom is -0.484 e. The fourth-order valence-electron chi connectivity index (χ4n) is 2.19. The van der Waals surface area contributed by atoms with Crippen molar-refractivity contribution >= 4 is 5.91 Å². The third-order valence-electron chi connectivity index (χ3n) is 3.40. The molecule has 2 aromatic carbocycles. The predicted molar refractivity (Wildman–Crippen MR) is 85.8 cm³/mol. The summed E-state index contributed by atoms with van der Waals surface area (Å²) in [6.45, 7) is 4.00. The Bertz CT molecular complexity index is 640. The lowest BCUT2D eigenvalue weighted by Crippen LogP contribution is -2.32. The van der Waals surface area contributed by atoms with Crippen LogP contribution in [0.15, 0.2) is 48.5 Å². The van der Waals surface area contributed by atoms with E-state index in [0.717, 1.165) is 16.7 Å². The summed E-state index contributed by atoms with van der Waals surface area (Å²) < 4.78 is 5.42. The van der Waals surface area contributed by atoms with Crippen LogP contribution in [-0.2, 0) is 4.79 Å². The van der Waals surface area contributed by atoms with E-state index in [2.05, 4.69) is 5.32 Å². The molecule has 0 aliphatic heterocycles. The topological polar surface area (TPSA) is 58.6 Å². The molecule has 0 radical (unpaired) electrons. The molecule has 1 atom stereocenters. The van der Waals surface area contributed by atoms with Crippen LogP contribution in [0.25, 0.3) is 0 Å². The summed E-state index contributed by atoms with van der Waals surface area (Å²) in [7, 11) is 0. The number of nitrogens with one attached hydrogen (secondary N) is 1. The van der Waals surface area contributed by atoms with E-state index in [0.29, 0.717) is 5.75 Å². The first-order chi connectivity index (χ1) is 10.6. The molecule has 0 fully saturated rings. The highest BCUT2D eigenvalue weighted by molar-refractivity contribution is 5.77. The zero-order valence-corrected chi connectivity index (χ0v) is 12.9. The molecule has 4 heteroatoms. The molecule has 1 amide bonds. The quantitative estimate of drug-likeness (QED) is 0.862. The highest BCUT2D eigenvalue weighted by Gasteiger charge is 2.11. The summed E-state index contributed by atoms with van der Waals surface area (Å²) in [5.41, 5.74) is 2.90. The number of hydrogen-bond donors (Lipinski definition) is 2. The highest BCUT2D eigenvalue weighted by atomic mass is 16.5. The van der Waals surface area contributed by atoms with Gasteiger partial charge in [0.1, 0.15) is 5.75 Å². The number of aliphatic hydroxyl groups excluding tert-OH is 1. The van der Waals surface area contributed by atoms with E-state index in [4.69, 9.17) is 4.74 Å². The lowest BCUT2D eigenvalue weighted by atomic mass is 10.0. The molecule has 2 aromatic rings. The number of amides is 1. The van der Waals surface area contributed by atoms with Crippen LogP contribution in [0.4, 0.5) is 0 Å². The zero-order chi connectivity index (χ0) is 15.9. The smallest absolute Gasteiger partial charge is 0.258 e. The predicted octanol–water partition coefficient (Wildman–Crippen LogP) is 2.53. The fourth-order valence-corrected chi connectivity index (χ4v) is 2.19. The third kappa shape index (κ3) is 4.60. The summed E-state index contributed by atoms with van der Waals surface area (Å²) in [6, 6.07) is 15.1. The van der Waals surface area contributed by atoms with Gasteiger partial charge in [0.25, 0.3) is 5.91 Å². The van der Waals surface area contributed by atoms with Gasteiger partial charge in [0.15, 0.2) is 6.61 Å². The van der Waals surface area contributed by atoms with Gasteiger partial charge in [-0.15, -0.1) is 0 Å². The second kappa shape index (κ2) is 7.61. The SMILES string of the molecule is Cc1cccc(OCC(=O)NCC(O)c2ccccc2C)c1. The van der Waals surface area contributed by atoms with Crippen molar-refractivity contribution in [3.05, 3.63) is 65.2 Å². The molecule has 0 bridgehead atoms. The van der Waals surface area contributed by atoms with E-state index < -0.39 is 6.10 Å². The number of rotatable bonds is 6. The molecule has 0 aromatic heterocycles. The maximum atomic E-state index is 11.8. The Morgan fingerprint density at radius 1 is 1.18 bits per heavy atom. The molecule has 0 saturated heterocycles. The van der Waals surface area contributed by atoms with Gasteiger partial charge in [-0.05, 0) is 42.7 Å². The van der Waals surface area contributed by atoms with E-state index in [1.807, 2.05) is 62.4 Å². The molecule has 22 heavy (non-hydrogen) atoms. The van der Waals surface area contributed by atoms with Crippen LogP contribution in [0.1, 0.15) is 22.8 Å². The van der Waals surface area contributed by atoms with E-state index in [1.165, 1.54) is 0 Å². The minimum absolute atomic E-state index is 0.0655. The Hall–Kier alpha value is -2.33. The van der Waals surface area contributed by atoms with Gasteiger partial charge in [0.2, 0.25) is 0 Å². The normalized spacial score (nSPS) is 11.8. The van der Waals surface area contributed by atoms with Crippen molar-refractivity contribution in [2.75, 3.05) is 13.2 Å². The van der Waals surface area contributed by atoms with Crippen molar-refractivity contribution in [1.82, 2.24) is 5.32 Å². The minimum atomic E-state index is -0.718. The number of aryl methyl sites for hydroxylation is 2. The van der Waals surface area contributed by atoms with Crippen LogP contribution in [0.3, 0.4) is 0 Å². The number of hydrogen-bond acceptors (Lipinski definition) is 3. The van der Waals surface area contributed by atoms with Gasteiger partial charge in [-0.3, -0.25) is 4.79 Å². The van der Waals surface area contributed by atoms with Gasteiger partial charge in [-0.1, -0.05) is 36.4 Å². The van der Waals surface area contributed by atoms with Gasteiger partial charge in [0.05, 0.1) is 6.10 Å². The second-order valence-corrected chi connectivity index (χ2v) is 5.28. The van der Waals surface area contributed by atoms with Crippen molar-refractivity contribution in [3.63, 3.8) is 0 Å². The van der Waals surface area contributed by atoms with E-state index in [1.54, 1.807) is 0 Å². The largest absolute Gasteiger partial charge is 0.484 e. The van der Waals surface area contributed by atoms with Crippen molar-refractivity contribution in [2.24, 2.45) is 0 Å². The Morgan fingerprint density at radius 3 is 2.68 bits per heavy atom. The molecular weight excluding hydrogens is 278 g/mol. The monoisotopic (exact) mass is 299 g/mol. The van der Waals surface area contributed by atoms with E-state index in [9.17, 15) is 9.90 Å². The molecule has 0 spiro atoms. The lowest BCUT2D eigenvalue weighted by molar-refractivity contribution is -0.123. The second-order valence-electron chi connectivity index (χ2n) is 5.28. The molecule has 116 valence electrons. The summed E-state index contributed by atoms with van der Waals surface area (Å²) >= 11 is 0. The lowest BCUT2D eigenvalue weighted by Gasteiger charge is -2.14. The first-order valence-electron chi connectivity index (χ1n) is 7.26. The van der Waals surface area contributed by atoms with Gasteiger partial charge < -0.3 is 15.2 Å². The van der Waals surface area contributed by atoms with Crippen LogP contribution in [0.5, 0.6) is 5.75 Å². The summed E-state index contributed by atoms with van der Waals surface area (Å²) in [5, 5.41) is 12.8. The van der Waals surface area contributed by atoms with Crippen molar-refractivity contribution in [3.8, 4) is 5.75 Å².